The maximum absolute atomic E-state index is 11.7. The van der Waals surface area contributed by atoms with Crippen molar-refractivity contribution in [1.29, 1.82) is 5.26 Å². The lowest BCUT2D eigenvalue weighted by Gasteiger charge is -2.06. The lowest BCUT2D eigenvalue weighted by Crippen LogP contribution is -2.22. The Morgan fingerprint density at radius 1 is 1.44 bits per heavy atom. The lowest BCUT2D eigenvalue weighted by molar-refractivity contribution is 0.309. The van der Waals surface area contributed by atoms with E-state index < -0.39 is 0 Å². The Kier molecular flexibility index (Phi) is 6.51. The Morgan fingerprint density at radius 3 is 2.94 bits per heavy atom. The minimum atomic E-state index is -0.183. The molecule has 0 bridgehead atoms. The zero-order valence-corrected chi connectivity index (χ0v) is 10.3. The molecule has 0 spiro atoms. The zero-order chi connectivity index (χ0) is 13.2. The monoisotopic (exact) mass is 250 g/mol. The molecule has 0 fully saturated rings. The van der Waals surface area contributed by atoms with Gasteiger partial charge in [-0.05, 0) is 25.8 Å². The molecule has 0 saturated heterocycles. The standard InChI is InChI=1S/C12H18N4O2/c13-5-2-1-3-7-16-12(17)9-11(10-15-16)18-8-4-6-14/h9-10H,1-4,6-8,14H2. The van der Waals surface area contributed by atoms with Gasteiger partial charge in [0.15, 0.2) is 0 Å². The number of hydrogen-bond acceptors (Lipinski definition) is 5. The second-order valence-corrected chi connectivity index (χ2v) is 3.86. The van der Waals surface area contributed by atoms with Gasteiger partial charge < -0.3 is 10.5 Å². The topological polar surface area (TPSA) is 93.9 Å². The first kappa shape index (κ1) is 14.2. The Hall–Kier alpha value is -1.87. The van der Waals surface area contributed by atoms with Crippen molar-refractivity contribution in [2.75, 3.05) is 13.2 Å². The van der Waals surface area contributed by atoms with Crippen molar-refractivity contribution in [3.8, 4) is 11.8 Å². The van der Waals surface area contributed by atoms with Crippen molar-refractivity contribution in [2.45, 2.75) is 32.2 Å². The van der Waals surface area contributed by atoms with Crippen molar-refractivity contribution >= 4 is 0 Å². The van der Waals surface area contributed by atoms with E-state index >= 15 is 0 Å². The van der Waals surface area contributed by atoms with Crippen LogP contribution < -0.4 is 16.0 Å². The summed E-state index contributed by atoms with van der Waals surface area (Å²) in [6, 6.07) is 3.49. The fourth-order valence-corrected chi connectivity index (χ4v) is 1.40. The van der Waals surface area contributed by atoms with E-state index in [1.165, 1.54) is 16.9 Å². The average Bonchev–Trinajstić information content (AvgIpc) is 2.37. The van der Waals surface area contributed by atoms with Crippen LogP contribution in [-0.2, 0) is 6.54 Å². The summed E-state index contributed by atoms with van der Waals surface area (Å²) in [5, 5.41) is 12.4. The molecule has 1 aromatic heterocycles. The molecule has 98 valence electrons. The summed E-state index contributed by atoms with van der Waals surface area (Å²) in [7, 11) is 0. The molecule has 0 unspecified atom stereocenters. The van der Waals surface area contributed by atoms with Gasteiger partial charge in [0.05, 0.1) is 18.9 Å². The molecule has 0 amide bonds. The Bertz CT molecular complexity index is 450. The third kappa shape index (κ3) is 4.97. The van der Waals surface area contributed by atoms with Gasteiger partial charge in [0.25, 0.3) is 5.56 Å². The van der Waals surface area contributed by atoms with Gasteiger partial charge in [-0.25, -0.2) is 4.68 Å². The maximum atomic E-state index is 11.7. The summed E-state index contributed by atoms with van der Waals surface area (Å²) in [6.07, 6.45) is 4.34. The van der Waals surface area contributed by atoms with E-state index in [2.05, 4.69) is 11.2 Å². The van der Waals surface area contributed by atoms with E-state index in [0.717, 1.165) is 19.3 Å². The predicted molar refractivity (Wildman–Crippen MR) is 67.1 cm³/mol. The first-order chi connectivity index (χ1) is 8.77. The summed E-state index contributed by atoms with van der Waals surface area (Å²) in [5.74, 6) is 0.474. The van der Waals surface area contributed by atoms with E-state index in [1.54, 1.807) is 0 Å². The number of nitrogens with zero attached hydrogens (tertiary/aromatic N) is 3. The van der Waals surface area contributed by atoms with Crippen LogP contribution in [0.25, 0.3) is 0 Å². The Balaban J connectivity index is 2.47. The van der Waals surface area contributed by atoms with E-state index in [9.17, 15) is 4.79 Å². The minimum Gasteiger partial charge on any atom is -0.492 e. The van der Waals surface area contributed by atoms with Gasteiger partial charge in [0.1, 0.15) is 5.75 Å². The first-order valence-electron chi connectivity index (χ1n) is 6.05. The van der Waals surface area contributed by atoms with E-state index in [1.807, 2.05) is 0 Å². The minimum absolute atomic E-state index is 0.183. The number of rotatable bonds is 8. The molecular formula is C12H18N4O2. The summed E-state index contributed by atoms with van der Waals surface area (Å²) in [4.78, 5) is 11.7. The van der Waals surface area contributed by atoms with Crippen molar-refractivity contribution in [3.05, 3.63) is 22.6 Å². The number of nitrogens with two attached hydrogens (primary N) is 1. The van der Waals surface area contributed by atoms with Gasteiger partial charge in [-0.3, -0.25) is 4.79 Å². The van der Waals surface area contributed by atoms with Crippen LogP contribution in [-0.4, -0.2) is 22.9 Å². The lowest BCUT2D eigenvalue weighted by atomic mass is 10.2. The molecular weight excluding hydrogens is 232 g/mol. The molecule has 6 heteroatoms. The Labute approximate surface area is 106 Å². The summed E-state index contributed by atoms with van der Waals surface area (Å²) >= 11 is 0. The van der Waals surface area contributed by atoms with Crippen molar-refractivity contribution in [1.82, 2.24) is 9.78 Å². The van der Waals surface area contributed by atoms with Crippen LogP contribution in [0.4, 0.5) is 0 Å². The van der Waals surface area contributed by atoms with Crippen molar-refractivity contribution in [3.63, 3.8) is 0 Å². The second-order valence-electron chi connectivity index (χ2n) is 3.86. The normalized spacial score (nSPS) is 10.0. The fraction of sp³-hybridized carbons (Fsp3) is 0.583. The van der Waals surface area contributed by atoms with Crippen LogP contribution in [0.1, 0.15) is 25.7 Å². The number of nitriles is 1. The number of unbranched alkanes of at least 4 members (excludes halogenated alkanes) is 2. The smallest absolute Gasteiger partial charge is 0.270 e. The molecule has 1 rings (SSSR count). The molecule has 0 aliphatic rings. The van der Waals surface area contributed by atoms with E-state index in [-0.39, 0.29) is 5.56 Å². The number of hydrogen-bond donors (Lipinski definition) is 1. The molecule has 0 radical (unpaired) electrons. The van der Waals surface area contributed by atoms with Crippen molar-refractivity contribution < 1.29 is 4.74 Å². The van der Waals surface area contributed by atoms with Gasteiger partial charge in [-0.1, -0.05) is 0 Å². The third-order valence-electron chi connectivity index (χ3n) is 2.37. The van der Waals surface area contributed by atoms with Gasteiger partial charge in [0.2, 0.25) is 0 Å². The highest BCUT2D eigenvalue weighted by atomic mass is 16.5. The van der Waals surface area contributed by atoms with Crippen LogP contribution in [0.15, 0.2) is 17.1 Å². The predicted octanol–water partition coefficient (Wildman–Crippen LogP) is 0.665. The van der Waals surface area contributed by atoms with Gasteiger partial charge in [0, 0.05) is 19.0 Å². The number of aryl methyl sites for hydroxylation is 1. The molecule has 0 aromatic carbocycles. The van der Waals surface area contributed by atoms with Crippen LogP contribution >= 0.6 is 0 Å². The quantitative estimate of drug-likeness (QED) is 0.684. The highest BCUT2D eigenvalue weighted by molar-refractivity contribution is 5.13. The molecule has 1 heterocycles. The molecule has 6 nitrogen and oxygen atoms in total. The van der Waals surface area contributed by atoms with Crippen molar-refractivity contribution in [2.24, 2.45) is 5.73 Å². The number of ether oxygens (including phenoxy) is 1. The van der Waals surface area contributed by atoms with Crippen LogP contribution in [0.3, 0.4) is 0 Å². The van der Waals surface area contributed by atoms with Crippen LogP contribution in [0.5, 0.6) is 5.75 Å². The Morgan fingerprint density at radius 2 is 2.28 bits per heavy atom. The molecule has 18 heavy (non-hydrogen) atoms. The summed E-state index contributed by atoms with van der Waals surface area (Å²) in [5.41, 5.74) is 5.16. The molecule has 0 aliphatic carbocycles. The third-order valence-corrected chi connectivity index (χ3v) is 2.37. The second kappa shape index (κ2) is 8.25. The van der Waals surface area contributed by atoms with Gasteiger partial charge >= 0.3 is 0 Å². The zero-order valence-electron chi connectivity index (χ0n) is 10.3. The summed E-state index contributed by atoms with van der Waals surface area (Å²) in [6.45, 7) is 1.58. The summed E-state index contributed by atoms with van der Waals surface area (Å²) < 4.78 is 6.71. The molecule has 2 N–H and O–H groups in total. The average molecular weight is 250 g/mol. The highest BCUT2D eigenvalue weighted by Crippen LogP contribution is 2.04. The van der Waals surface area contributed by atoms with Crippen LogP contribution in [0, 0.1) is 11.3 Å². The largest absolute Gasteiger partial charge is 0.492 e. The van der Waals surface area contributed by atoms with Crippen LogP contribution in [0.2, 0.25) is 0 Å². The molecule has 1 aromatic rings. The molecule has 0 atom stereocenters. The number of aromatic nitrogens is 2. The van der Waals surface area contributed by atoms with Gasteiger partial charge in [-0.2, -0.15) is 10.4 Å². The maximum Gasteiger partial charge on any atom is 0.270 e. The first-order valence-corrected chi connectivity index (χ1v) is 6.05. The van der Waals surface area contributed by atoms with E-state index in [4.69, 9.17) is 15.7 Å². The van der Waals surface area contributed by atoms with Gasteiger partial charge in [-0.15, -0.1) is 0 Å². The SMILES string of the molecule is N#CCCCCn1ncc(OCCCN)cc1=O. The van der Waals surface area contributed by atoms with E-state index in [0.29, 0.717) is 31.9 Å². The fourth-order valence-electron chi connectivity index (χ4n) is 1.40. The molecule has 0 saturated carbocycles. The molecule has 0 aliphatic heterocycles. The highest BCUT2D eigenvalue weighted by Gasteiger charge is 2.01.